The van der Waals surface area contributed by atoms with Crippen molar-refractivity contribution in [3.8, 4) is 0 Å². The molecule has 1 aliphatic rings. The highest BCUT2D eigenvalue weighted by Gasteiger charge is 2.53. The zero-order valence-corrected chi connectivity index (χ0v) is 30.8. The van der Waals surface area contributed by atoms with Crippen molar-refractivity contribution in [2.45, 2.75) is 89.0 Å². The van der Waals surface area contributed by atoms with Crippen molar-refractivity contribution in [2.75, 3.05) is 10.9 Å². The summed E-state index contributed by atoms with van der Waals surface area (Å²) in [5.74, 6) is 0. The second kappa shape index (κ2) is 14.1. The van der Waals surface area contributed by atoms with Crippen LogP contribution in [-0.4, -0.2) is 45.2 Å². The highest BCUT2D eigenvalue weighted by atomic mass is 32.2. The van der Waals surface area contributed by atoms with E-state index in [0.29, 0.717) is 24.3 Å². The first kappa shape index (κ1) is 35.8. The molecule has 0 saturated heterocycles. The van der Waals surface area contributed by atoms with E-state index in [1.54, 1.807) is 24.3 Å². The molecule has 48 heavy (non-hydrogen) atoms. The fraction of sp³-hybridized carbons (Fsp3) is 0.350. The summed E-state index contributed by atoms with van der Waals surface area (Å²) in [6, 6.07) is 33.3. The van der Waals surface area contributed by atoms with E-state index in [0.717, 1.165) is 16.7 Å². The molecule has 0 aliphatic carbocycles. The number of hydrogen-bond donors (Lipinski definition) is 2. The Morgan fingerprint density at radius 1 is 0.938 bits per heavy atom. The van der Waals surface area contributed by atoms with Crippen molar-refractivity contribution in [2.24, 2.45) is 0 Å². The van der Waals surface area contributed by atoms with Crippen LogP contribution in [0.25, 0.3) is 0 Å². The Hall–Kier alpha value is -3.53. The lowest BCUT2D eigenvalue weighted by atomic mass is 9.80. The van der Waals surface area contributed by atoms with Crippen molar-refractivity contribution < 1.29 is 23.1 Å². The maximum absolute atomic E-state index is 14.5. The SMILES string of the molecule is CC(C)=CCC[C@]1(CO)[C@H](O)Cc2cc(CO[Si](c3ccccc3)(c3ccccc3)C(C)(C)C)ccc2N1S(=O)(=O)c1ccc(C)cc1. The Morgan fingerprint density at radius 3 is 2.04 bits per heavy atom. The molecule has 0 spiro atoms. The Balaban J connectivity index is 1.60. The van der Waals surface area contributed by atoms with E-state index in [2.05, 4.69) is 69.3 Å². The van der Waals surface area contributed by atoms with Crippen LogP contribution < -0.4 is 14.7 Å². The van der Waals surface area contributed by atoms with Crippen molar-refractivity contribution in [1.82, 2.24) is 0 Å². The molecule has 5 rings (SSSR count). The van der Waals surface area contributed by atoms with E-state index in [1.807, 2.05) is 57.2 Å². The molecule has 0 fully saturated rings. The van der Waals surface area contributed by atoms with E-state index >= 15 is 0 Å². The van der Waals surface area contributed by atoms with Crippen LogP contribution in [0.5, 0.6) is 0 Å². The van der Waals surface area contributed by atoms with Gasteiger partial charge in [-0.05, 0) is 78.4 Å². The second-order valence-corrected chi connectivity index (χ2v) is 20.4. The van der Waals surface area contributed by atoms with Gasteiger partial charge in [0.05, 0.1) is 29.9 Å². The molecule has 2 N–H and O–H groups in total. The minimum atomic E-state index is -4.17. The molecule has 6 nitrogen and oxygen atoms in total. The maximum Gasteiger partial charge on any atom is 0.265 e. The first-order valence-corrected chi connectivity index (χ1v) is 20.0. The van der Waals surface area contributed by atoms with Gasteiger partial charge in [0.15, 0.2) is 0 Å². The molecular formula is C40H49NO5SSi. The number of hydrogen-bond acceptors (Lipinski definition) is 5. The van der Waals surface area contributed by atoms with Gasteiger partial charge in [0.2, 0.25) is 0 Å². The van der Waals surface area contributed by atoms with E-state index in [1.165, 1.54) is 14.7 Å². The van der Waals surface area contributed by atoms with Crippen LogP contribution in [-0.2, 0) is 27.5 Å². The van der Waals surface area contributed by atoms with Gasteiger partial charge < -0.3 is 14.6 Å². The molecule has 0 bridgehead atoms. The number of benzene rings is 4. The maximum atomic E-state index is 14.5. The number of rotatable bonds is 11. The summed E-state index contributed by atoms with van der Waals surface area (Å²) in [6.45, 7) is 12.4. The molecule has 8 heteroatoms. The fourth-order valence-electron chi connectivity index (χ4n) is 7.13. The Kier molecular flexibility index (Phi) is 10.5. The van der Waals surface area contributed by atoms with Crippen LogP contribution in [0.2, 0.25) is 5.04 Å². The number of aliphatic hydroxyl groups excluding tert-OH is 2. The summed E-state index contributed by atoms with van der Waals surface area (Å²) in [6.07, 6.45) is 1.87. The zero-order chi connectivity index (χ0) is 34.7. The molecule has 0 amide bonds. The lowest BCUT2D eigenvalue weighted by Crippen LogP contribution is -2.66. The predicted octanol–water partition coefficient (Wildman–Crippen LogP) is 6.66. The number of aryl methyl sites for hydroxylation is 1. The molecule has 1 aliphatic heterocycles. The first-order valence-electron chi connectivity index (χ1n) is 16.7. The largest absolute Gasteiger partial charge is 0.403 e. The third-order valence-electron chi connectivity index (χ3n) is 9.64. The van der Waals surface area contributed by atoms with Gasteiger partial charge in [-0.3, -0.25) is 4.31 Å². The van der Waals surface area contributed by atoms with Crippen LogP contribution in [0.15, 0.2) is 120 Å². The van der Waals surface area contributed by atoms with Gasteiger partial charge in [-0.1, -0.05) is 123 Å². The van der Waals surface area contributed by atoms with Crippen LogP contribution in [0.4, 0.5) is 5.69 Å². The standard InChI is InChI=1S/C40H49NO5SSi/c1-30(2)14-13-25-40(29-42)38(43)27-33-26-32(21-24-37(33)41(40)47(44,45)34-22-19-31(3)20-23-34)28-46-48(39(4,5)6,35-15-9-7-10-16-35)36-17-11-8-12-18-36/h7-12,14-24,26,38,42-43H,13,25,27-29H2,1-6H3/t38-,40+/m1/s1. The quantitative estimate of drug-likeness (QED) is 0.136. The Labute approximate surface area is 287 Å². The highest BCUT2D eigenvalue weighted by molar-refractivity contribution is 7.93. The average molecular weight is 684 g/mol. The summed E-state index contributed by atoms with van der Waals surface area (Å²) >= 11 is 0. The van der Waals surface area contributed by atoms with Crippen molar-refractivity contribution in [3.63, 3.8) is 0 Å². The third-order valence-corrected chi connectivity index (χ3v) is 16.5. The van der Waals surface area contributed by atoms with Gasteiger partial charge in [0.1, 0.15) is 5.54 Å². The van der Waals surface area contributed by atoms with Crippen LogP contribution in [0.1, 0.15) is 64.2 Å². The minimum absolute atomic E-state index is 0.118. The summed E-state index contributed by atoms with van der Waals surface area (Å²) in [5.41, 5.74) is 2.66. The molecule has 254 valence electrons. The number of nitrogens with zero attached hydrogens (tertiary/aromatic N) is 1. The monoisotopic (exact) mass is 683 g/mol. The van der Waals surface area contributed by atoms with Gasteiger partial charge in [-0.15, -0.1) is 0 Å². The van der Waals surface area contributed by atoms with E-state index < -0.39 is 36.6 Å². The summed E-state index contributed by atoms with van der Waals surface area (Å²) in [7, 11) is -6.99. The Morgan fingerprint density at radius 2 is 1.52 bits per heavy atom. The van der Waals surface area contributed by atoms with Crippen LogP contribution >= 0.6 is 0 Å². The fourth-order valence-corrected chi connectivity index (χ4v) is 13.5. The average Bonchev–Trinajstić information content (AvgIpc) is 3.05. The van der Waals surface area contributed by atoms with Crippen LogP contribution in [0.3, 0.4) is 0 Å². The molecule has 2 atom stereocenters. The molecule has 0 aromatic heterocycles. The summed E-state index contributed by atoms with van der Waals surface area (Å²) in [5, 5.41) is 24.9. The number of aliphatic hydroxyl groups is 2. The van der Waals surface area contributed by atoms with Gasteiger partial charge in [-0.2, -0.15) is 0 Å². The van der Waals surface area contributed by atoms with Gasteiger partial charge >= 0.3 is 0 Å². The molecule has 1 heterocycles. The van der Waals surface area contributed by atoms with Gasteiger partial charge in [0.25, 0.3) is 18.3 Å². The smallest absolute Gasteiger partial charge is 0.265 e. The number of anilines is 1. The van der Waals surface area contributed by atoms with Gasteiger partial charge in [-0.25, -0.2) is 8.42 Å². The topological polar surface area (TPSA) is 87.1 Å². The molecule has 0 saturated carbocycles. The predicted molar refractivity (Wildman–Crippen MR) is 198 cm³/mol. The van der Waals surface area contributed by atoms with Crippen LogP contribution in [0, 0.1) is 6.92 Å². The molecule has 0 radical (unpaired) electrons. The van der Waals surface area contributed by atoms with E-state index in [9.17, 15) is 18.6 Å². The lowest BCUT2D eigenvalue weighted by Gasteiger charge is -2.50. The van der Waals surface area contributed by atoms with E-state index in [4.69, 9.17) is 4.43 Å². The number of sulfonamides is 1. The zero-order valence-electron chi connectivity index (χ0n) is 29.0. The molecular weight excluding hydrogens is 635 g/mol. The lowest BCUT2D eigenvalue weighted by molar-refractivity contribution is 0.0367. The number of fused-ring (bicyclic) bond motifs is 1. The highest BCUT2D eigenvalue weighted by Crippen LogP contribution is 2.44. The molecule has 4 aromatic carbocycles. The summed E-state index contributed by atoms with van der Waals surface area (Å²) < 4.78 is 37.5. The van der Waals surface area contributed by atoms with E-state index in [-0.39, 0.29) is 22.8 Å². The second-order valence-electron chi connectivity index (χ2n) is 14.3. The Bertz CT molecular complexity index is 1790. The number of allylic oxidation sites excluding steroid dienone is 2. The third kappa shape index (κ3) is 6.69. The van der Waals surface area contributed by atoms with Crippen molar-refractivity contribution >= 4 is 34.4 Å². The molecule has 0 unspecified atom stereocenters. The van der Waals surface area contributed by atoms with Crippen molar-refractivity contribution in [1.29, 1.82) is 0 Å². The first-order chi connectivity index (χ1) is 22.8. The normalized spacial score (nSPS) is 18.3. The van der Waals surface area contributed by atoms with Crippen molar-refractivity contribution in [3.05, 3.63) is 131 Å². The van der Waals surface area contributed by atoms with Gasteiger partial charge in [0, 0.05) is 6.42 Å². The minimum Gasteiger partial charge on any atom is -0.403 e. The summed E-state index contributed by atoms with van der Waals surface area (Å²) in [4.78, 5) is 0.118. The molecule has 4 aromatic rings.